The summed E-state index contributed by atoms with van der Waals surface area (Å²) in [5.74, 6) is 0.134. The molecule has 2 aromatic rings. The molecule has 1 fully saturated rings. The van der Waals surface area contributed by atoms with Gasteiger partial charge in [0.15, 0.2) is 0 Å². The summed E-state index contributed by atoms with van der Waals surface area (Å²) >= 11 is 0. The Labute approximate surface area is 141 Å². The van der Waals surface area contributed by atoms with Crippen LogP contribution in [0.3, 0.4) is 0 Å². The number of ether oxygens (including phenoxy) is 1. The van der Waals surface area contributed by atoms with Crippen LogP contribution >= 0.6 is 0 Å². The van der Waals surface area contributed by atoms with Crippen LogP contribution in [-0.4, -0.2) is 31.5 Å². The first kappa shape index (κ1) is 16.1. The van der Waals surface area contributed by atoms with E-state index >= 15 is 0 Å². The number of rotatable bonds is 4. The number of hydrogen-bond donors (Lipinski definition) is 1. The van der Waals surface area contributed by atoms with Gasteiger partial charge in [0.05, 0.1) is 12.7 Å². The van der Waals surface area contributed by atoms with E-state index in [-0.39, 0.29) is 11.8 Å². The molecule has 2 aromatic carbocycles. The first-order valence-electron chi connectivity index (χ1n) is 7.93. The lowest BCUT2D eigenvalue weighted by molar-refractivity contribution is -0.120. The van der Waals surface area contributed by atoms with Crippen LogP contribution in [0.25, 0.3) is 0 Å². The first-order valence-corrected chi connectivity index (χ1v) is 7.93. The van der Waals surface area contributed by atoms with Crippen LogP contribution < -0.4 is 15.0 Å². The number of methoxy groups -OCH3 is 1. The SMILES string of the molecule is COc1ccccc1C(=O)N(c1ccc(C)cc1)C1CCNC1=O. The van der Waals surface area contributed by atoms with Crippen molar-refractivity contribution in [3.8, 4) is 5.75 Å². The molecule has 0 bridgehead atoms. The molecule has 1 atom stereocenters. The van der Waals surface area contributed by atoms with Crippen LogP contribution in [0.15, 0.2) is 48.5 Å². The second-order valence-corrected chi connectivity index (χ2v) is 5.81. The quantitative estimate of drug-likeness (QED) is 0.940. The zero-order valence-electron chi connectivity index (χ0n) is 13.8. The van der Waals surface area contributed by atoms with Gasteiger partial charge in [-0.05, 0) is 37.6 Å². The summed E-state index contributed by atoms with van der Waals surface area (Å²) in [4.78, 5) is 27.0. The Bertz CT molecular complexity index is 755. The molecule has 124 valence electrons. The lowest BCUT2D eigenvalue weighted by atomic mass is 10.1. The van der Waals surface area contributed by atoms with Crippen LogP contribution in [0.1, 0.15) is 22.3 Å². The lowest BCUT2D eigenvalue weighted by Crippen LogP contribution is -2.45. The summed E-state index contributed by atoms with van der Waals surface area (Å²) in [5.41, 5.74) is 2.25. The molecule has 5 heteroatoms. The van der Waals surface area contributed by atoms with Crippen molar-refractivity contribution in [2.24, 2.45) is 0 Å². The smallest absolute Gasteiger partial charge is 0.262 e. The van der Waals surface area contributed by atoms with Crippen molar-refractivity contribution < 1.29 is 14.3 Å². The lowest BCUT2D eigenvalue weighted by Gasteiger charge is -2.28. The third-order valence-corrected chi connectivity index (χ3v) is 4.20. The molecule has 1 heterocycles. The molecule has 1 saturated heterocycles. The maximum atomic E-state index is 13.2. The van der Waals surface area contributed by atoms with Gasteiger partial charge < -0.3 is 10.1 Å². The number of para-hydroxylation sites is 1. The summed E-state index contributed by atoms with van der Waals surface area (Å²) in [6.45, 7) is 2.56. The molecule has 3 rings (SSSR count). The Hall–Kier alpha value is -2.82. The van der Waals surface area contributed by atoms with Gasteiger partial charge in [0.2, 0.25) is 5.91 Å². The normalized spacial score (nSPS) is 16.6. The van der Waals surface area contributed by atoms with E-state index in [1.54, 1.807) is 23.1 Å². The minimum Gasteiger partial charge on any atom is -0.496 e. The Morgan fingerprint density at radius 1 is 1.17 bits per heavy atom. The molecular weight excluding hydrogens is 304 g/mol. The number of carbonyl (C=O) groups excluding carboxylic acids is 2. The fraction of sp³-hybridized carbons (Fsp3) is 0.263. The maximum absolute atomic E-state index is 13.2. The average Bonchev–Trinajstić information content (AvgIpc) is 3.02. The second-order valence-electron chi connectivity index (χ2n) is 5.81. The van der Waals surface area contributed by atoms with E-state index in [0.717, 1.165) is 5.56 Å². The number of anilines is 1. The van der Waals surface area contributed by atoms with Gasteiger partial charge in [0.1, 0.15) is 11.8 Å². The van der Waals surface area contributed by atoms with Crippen molar-refractivity contribution in [2.45, 2.75) is 19.4 Å². The summed E-state index contributed by atoms with van der Waals surface area (Å²) in [6, 6.07) is 14.2. The van der Waals surface area contributed by atoms with Crippen molar-refractivity contribution in [1.82, 2.24) is 5.32 Å². The number of aryl methyl sites for hydroxylation is 1. The maximum Gasteiger partial charge on any atom is 0.262 e. The van der Waals surface area contributed by atoms with Crippen molar-refractivity contribution in [2.75, 3.05) is 18.6 Å². The van der Waals surface area contributed by atoms with Crippen molar-refractivity contribution in [3.05, 3.63) is 59.7 Å². The molecule has 2 amide bonds. The molecule has 0 saturated carbocycles. The first-order chi connectivity index (χ1) is 11.6. The third kappa shape index (κ3) is 2.97. The molecule has 0 aromatic heterocycles. The summed E-state index contributed by atoms with van der Waals surface area (Å²) in [5, 5.41) is 2.80. The highest BCUT2D eigenvalue weighted by Gasteiger charge is 2.35. The van der Waals surface area contributed by atoms with Crippen LogP contribution in [-0.2, 0) is 4.79 Å². The van der Waals surface area contributed by atoms with E-state index in [1.807, 2.05) is 37.3 Å². The van der Waals surface area contributed by atoms with Gasteiger partial charge in [-0.3, -0.25) is 14.5 Å². The Kier molecular flexibility index (Phi) is 4.51. The minimum absolute atomic E-state index is 0.126. The van der Waals surface area contributed by atoms with E-state index < -0.39 is 6.04 Å². The Balaban J connectivity index is 2.05. The fourth-order valence-corrected chi connectivity index (χ4v) is 2.92. The molecule has 0 radical (unpaired) electrons. The molecule has 0 aliphatic carbocycles. The standard InChI is InChI=1S/C19H20N2O3/c1-13-7-9-14(10-8-13)21(16-11-12-20-18(16)22)19(23)15-5-3-4-6-17(15)24-2/h3-10,16H,11-12H2,1-2H3,(H,20,22). The van der Waals surface area contributed by atoms with E-state index in [2.05, 4.69) is 5.32 Å². The largest absolute Gasteiger partial charge is 0.496 e. The van der Waals surface area contributed by atoms with Gasteiger partial charge in [0, 0.05) is 12.2 Å². The minimum atomic E-state index is -0.509. The predicted molar refractivity (Wildman–Crippen MR) is 92.4 cm³/mol. The van der Waals surface area contributed by atoms with E-state index in [1.165, 1.54) is 7.11 Å². The van der Waals surface area contributed by atoms with Gasteiger partial charge in [-0.15, -0.1) is 0 Å². The zero-order valence-corrected chi connectivity index (χ0v) is 13.8. The number of hydrogen-bond acceptors (Lipinski definition) is 3. The Morgan fingerprint density at radius 2 is 1.88 bits per heavy atom. The van der Waals surface area contributed by atoms with E-state index in [4.69, 9.17) is 4.74 Å². The molecule has 0 spiro atoms. The highest BCUT2D eigenvalue weighted by Crippen LogP contribution is 2.27. The highest BCUT2D eigenvalue weighted by molar-refractivity contribution is 6.11. The van der Waals surface area contributed by atoms with Gasteiger partial charge in [-0.25, -0.2) is 0 Å². The van der Waals surface area contributed by atoms with Crippen LogP contribution in [0.4, 0.5) is 5.69 Å². The monoisotopic (exact) mass is 324 g/mol. The van der Waals surface area contributed by atoms with Gasteiger partial charge >= 0.3 is 0 Å². The Morgan fingerprint density at radius 3 is 2.50 bits per heavy atom. The van der Waals surface area contributed by atoms with Crippen molar-refractivity contribution in [3.63, 3.8) is 0 Å². The molecule has 24 heavy (non-hydrogen) atoms. The van der Waals surface area contributed by atoms with Gasteiger partial charge in [-0.1, -0.05) is 29.8 Å². The van der Waals surface area contributed by atoms with Crippen molar-refractivity contribution in [1.29, 1.82) is 0 Å². The zero-order chi connectivity index (χ0) is 17.1. The number of benzene rings is 2. The average molecular weight is 324 g/mol. The predicted octanol–water partition coefficient (Wildman–Crippen LogP) is 2.54. The number of nitrogens with zero attached hydrogens (tertiary/aromatic N) is 1. The summed E-state index contributed by atoms with van der Waals surface area (Å²) < 4.78 is 5.31. The second kappa shape index (κ2) is 6.74. The molecular formula is C19H20N2O3. The van der Waals surface area contributed by atoms with E-state index in [9.17, 15) is 9.59 Å². The van der Waals surface area contributed by atoms with Crippen LogP contribution in [0.5, 0.6) is 5.75 Å². The van der Waals surface area contributed by atoms with Crippen LogP contribution in [0, 0.1) is 6.92 Å². The van der Waals surface area contributed by atoms with Gasteiger partial charge in [-0.2, -0.15) is 0 Å². The molecule has 1 aliphatic rings. The summed E-state index contributed by atoms with van der Waals surface area (Å²) in [6.07, 6.45) is 0.591. The van der Waals surface area contributed by atoms with Crippen molar-refractivity contribution >= 4 is 17.5 Å². The number of nitrogens with one attached hydrogen (secondary N) is 1. The third-order valence-electron chi connectivity index (χ3n) is 4.20. The topological polar surface area (TPSA) is 58.6 Å². The molecule has 1 aliphatic heterocycles. The molecule has 1 N–H and O–H groups in total. The highest BCUT2D eigenvalue weighted by atomic mass is 16.5. The number of carbonyl (C=O) groups is 2. The van der Waals surface area contributed by atoms with E-state index in [0.29, 0.717) is 30.0 Å². The fourth-order valence-electron chi connectivity index (χ4n) is 2.92. The summed E-state index contributed by atoms with van der Waals surface area (Å²) in [7, 11) is 1.53. The number of amides is 2. The van der Waals surface area contributed by atoms with Crippen LogP contribution in [0.2, 0.25) is 0 Å². The molecule has 1 unspecified atom stereocenters. The molecule has 5 nitrogen and oxygen atoms in total. The van der Waals surface area contributed by atoms with Gasteiger partial charge in [0.25, 0.3) is 5.91 Å².